The summed E-state index contributed by atoms with van der Waals surface area (Å²) in [7, 11) is -0.718. The molecule has 0 bridgehead atoms. The molecule has 0 saturated heterocycles. The molecule has 1 N–H and O–H groups in total. The molecule has 0 spiro atoms. The van der Waals surface area contributed by atoms with Crippen LogP contribution in [0.4, 0.5) is 11.4 Å². The number of halogens is 1. The van der Waals surface area contributed by atoms with Crippen molar-refractivity contribution in [1.82, 2.24) is 0 Å². The lowest BCUT2D eigenvalue weighted by Gasteiger charge is -2.28. The van der Waals surface area contributed by atoms with E-state index >= 15 is 0 Å². The van der Waals surface area contributed by atoms with Crippen LogP contribution in [0.25, 0.3) is 0 Å². The summed E-state index contributed by atoms with van der Waals surface area (Å²) in [4.78, 5) is 0. The minimum atomic E-state index is -0.718. The Morgan fingerprint density at radius 2 is 0.574 bits per heavy atom. The summed E-state index contributed by atoms with van der Waals surface area (Å²) in [5.41, 5.74) is 2.24. The van der Waals surface area contributed by atoms with E-state index in [9.17, 15) is 0 Å². The van der Waals surface area contributed by atoms with Crippen molar-refractivity contribution in [3.05, 3.63) is 60.7 Å². The summed E-state index contributed by atoms with van der Waals surface area (Å²) in [6.45, 7) is 9.38. The first-order valence-electron chi connectivity index (χ1n) is 20.4. The molecule has 0 aliphatic rings. The molecule has 0 heterocycles. The van der Waals surface area contributed by atoms with Crippen LogP contribution in [0.5, 0.6) is 0 Å². The lowest BCUT2D eigenvalue weighted by Crippen LogP contribution is -3.00. The van der Waals surface area contributed by atoms with Crippen molar-refractivity contribution >= 4 is 18.6 Å². The van der Waals surface area contributed by atoms with Crippen molar-refractivity contribution in [1.29, 1.82) is 0 Å². The van der Waals surface area contributed by atoms with Crippen LogP contribution in [0.1, 0.15) is 182 Å². The van der Waals surface area contributed by atoms with Gasteiger partial charge in [0.2, 0.25) is 0 Å². The molecule has 0 aromatic heterocycles. The van der Waals surface area contributed by atoms with E-state index in [4.69, 9.17) is 0 Å². The van der Waals surface area contributed by atoms with Gasteiger partial charge in [-0.25, -0.2) is 0 Å². The van der Waals surface area contributed by atoms with E-state index in [1.807, 2.05) is 60.7 Å². The van der Waals surface area contributed by atoms with Gasteiger partial charge >= 0.3 is 0 Å². The van der Waals surface area contributed by atoms with Crippen LogP contribution in [-0.2, 0) is 0 Å². The van der Waals surface area contributed by atoms with Crippen molar-refractivity contribution in [2.24, 2.45) is 0 Å². The first-order chi connectivity index (χ1) is 22.7. The standard InChI is InChI=1S/C32H68P.C12H11N.BrH/c1-5-9-13-17-21-25-29-33(30-26-22-18-14-10-6-2,31-27-23-19-15-11-7-3)32-28-24-20-16-12-8-4;1-3-7-11(8-4-1)13-12-9-5-2-6-10-12;/h5-32H2,1-4H3;1-10,13H;1H/q+1;;/p-1. The second-order valence-electron chi connectivity index (χ2n) is 14.2. The van der Waals surface area contributed by atoms with E-state index < -0.39 is 7.26 Å². The number of hydrogen-bond donors (Lipinski definition) is 1. The molecule has 0 amide bonds. The second kappa shape index (κ2) is 35.0. The summed E-state index contributed by atoms with van der Waals surface area (Å²) < 4.78 is 0. The van der Waals surface area contributed by atoms with Crippen LogP contribution < -0.4 is 22.3 Å². The number of rotatable bonds is 30. The van der Waals surface area contributed by atoms with Gasteiger partial charge in [0.15, 0.2) is 0 Å². The smallest absolute Gasteiger partial charge is 0.0594 e. The summed E-state index contributed by atoms with van der Waals surface area (Å²) in [6.07, 6.45) is 42.1. The highest BCUT2D eigenvalue weighted by Crippen LogP contribution is 2.61. The van der Waals surface area contributed by atoms with Crippen molar-refractivity contribution in [2.45, 2.75) is 182 Å². The first kappa shape index (κ1) is 46.1. The average Bonchev–Trinajstić information content (AvgIpc) is 3.08. The van der Waals surface area contributed by atoms with E-state index in [1.165, 1.54) is 128 Å². The maximum atomic E-state index is 3.30. The number of anilines is 2. The molecule has 2 aromatic rings. The van der Waals surface area contributed by atoms with E-state index in [0.717, 1.165) is 11.4 Å². The molecule has 0 fully saturated rings. The molecule has 0 unspecified atom stereocenters. The highest BCUT2D eigenvalue weighted by Gasteiger charge is 2.34. The van der Waals surface area contributed by atoms with Gasteiger partial charge in [-0.3, -0.25) is 0 Å². The third-order valence-corrected chi connectivity index (χ3v) is 14.8. The van der Waals surface area contributed by atoms with Crippen molar-refractivity contribution in [3.8, 4) is 0 Å². The maximum Gasteiger partial charge on any atom is 0.0594 e. The second-order valence-corrected chi connectivity index (χ2v) is 18.6. The van der Waals surface area contributed by atoms with E-state index in [1.54, 1.807) is 50.3 Å². The van der Waals surface area contributed by atoms with Gasteiger partial charge in [0.1, 0.15) is 0 Å². The quantitative estimate of drug-likeness (QED) is 0.0623. The zero-order chi connectivity index (χ0) is 33.2. The van der Waals surface area contributed by atoms with Gasteiger partial charge in [0.05, 0.1) is 24.6 Å². The van der Waals surface area contributed by atoms with Gasteiger partial charge in [0.25, 0.3) is 0 Å². The number of unbranched alkanes of at least 4 members (excludes halogenated alkanes) is 20. The zero-order valence-electron chi connectivity index (χ0n) is 31.9. The normalized spacial score (nSPS) is 11.1. The minimum Gasteiger partial charge on any atom is -1.00 e. The topological polar surface area (TPSA) is 12.0 Å². The summed E-state index contributed by atoms with van der Waals surface area (Å²) >= 11 is 0. The Morgan fingerprint density at radius 1 is 0.340 bits per heavy atom. The first-order valence-corrected chi connectivity index (χ1v) is 22.9. The maximum absolute atomic E-state index is 3.30. The van der Waals surface area contributed by atoms with Crippen molar-refractivity contribution in [3.63, 3.8) is 0 Å². The molecule has 2 aromatic carbocycles. The molecule has 3 heteroatoms. The van der Waals surface area contributed by atoms with Crippen LogP contribution in [0.3, 0.4) is 0 Å². The van der Waals surface area contributed by atoms with Crippen LogP contribution in [0.15, 0.2) is 60.7 Å². The summed E-state index contributed by atoms with van der Waals surface area (Å²) in [5.74, 6) is 0. The molecule has 0 radical (unpaired) electrons. The molecule has 0 atom stereocenters. The molecule has 2 rings (SSSR count). The Kier molecular flexibility index (Phi) is 34.4. The van der Waals surface area contributed by atoms with Gasteiger partial charge in [-0.05, 0) is 75.6 Å². The summed E-state index contributed by atoms with van der Waals surface area (Å²) in [6, 6.07) is 20.3. The Balaban J connectivity index is 0.00000124. The monoisotopic (exact) mass is 732 g/mol. The largest absolute Gasteiger partial charge is 1.00 e. The fourth-order valence-electron chi connectivity index (χ4n) is 6.79. The fourth-order valence-corrected chi connectivity index (χ4v) is 11.7. The molecule has 272 valence electrons. The number of nitrogens with one attached hydrogen (secondary N) is 1. The Morgan fingerprint density at radius 3 is 0.830 bits per heavy atom. The third kappa shape index (κ3) is 27.6. The highest BCUT2D eigenvalue weighted by atomic mass is 79.9. The number of hydrogen-bond acceptors (Lipinski definition) is 1. The van der Waals surface area contributed by atoms with Crippen LogP contribution in [0, 0.1) is 0 Å². The number of benzene rings is 2. The zero-order valence-corrected chi connectivity index (χ0v) is 34.4. The molecular formula is C44H79BrNP. The van der Waals surface area contributed by atoms with Gasteiger partial charge in [0, 0.05) is 18.6 Å². The Hall–Kier alpha value is -0.850. The molecule has 0 aliphatic heterocycles. The van der Waals surface area contributed by atoms with Crippen molar-refractivity contribution in [2.75, 3.05) is 30.0 Å². The van der Waals surface area contributed by atoms with E-state index in [-0.39, 0.29) is 17.0 Å². The van der Waals surface area contributed by atoms with E-state index in [0.29, 0.717) is 0 Å². The Bertz CT molecular complexity index is 751. The average molecular weight is 733 g/mol. The number of para-hydroxylation sites is 2. The highest BCUT2D eigenvalue weighted by molar-refractivity contribution is 7.75. The molecular weight excluding hydrogens is 653 g/mol. The third-order valence-electron chi connectivity index (χ3n) is 9.78. The predicted octanol–water partition coefficient (Wildman–Crippen LogP) is 12.9. The summed E-state index contributed by atoms with van der Waals surface area (Å²) in [5, 5.41) is 3.30. The van der Waals surface area contributed by atoms with E-state index in [2.05, 4.69) is 33.0 Å². The molecule has 0 saturated carbocycles. The van der Waals surface area contributed by atoms with Gasteiger partial charge in [-0.1, -0.05) is 167 Å². The van der Waals surface area contributed by atoms with Crippen molar-refractivity contribution < 1.29 is 17.0 Å². The lowest BCUT2D eigenvalue weighted by molar-refractivity contribution is -0.0000101. The molecule has 47 heavy (non-hydrogen) atoms. The van der Waals surface area contributed by atoms with Crippen LogP contribution in [0.2, 0.25) is 0 Å². The predicted molar refractivity (Wildman–Crippen MR) is 216 cm³/mol. The van der Waals surface area contributed by atoms with Gasteiger partial charge in [-0.15, -0.1) is 0 Å². The minimum absolute atomic E-state index is 0. The van der Waals surface area contributed by atoms with Gasteiger partial charge < -0.3 is 22.3 Å². The lowest BCUT2D eigenvalue weighted by atomic mass is 10.1. The van der Waals surface area contributed by atoms with Crippen LogP contribution >= 0.6 is 7.26 Å². The fraction of sp³-hybridized carbons (Fsp3) is 0.727. The molecule has 1 nitrogen and oxygen atoms in total. The Labute approximate surface area is 306 Å². The molecule has 0 aliphatic carbocycles. The SMILES string of the molecule is CCCCCCCC[P+](CCCCCCCC)(CCCCCCCC)CCCCCCCC.[Br-].c1ccc(Nc2ccccc2)cc1. The van der Waals surface area contributed by atoms with Crippen LogP contribution in [-0.4, -0.2) is 24.6 Å². The van der Waals surface area contributed by atoms with Gasteiger partial charge in [-0.2, -0.15) is 0 Å².